The highest BCUT2D eigenvalue weighted by atomic mass is 16.5. The summed E-state index contributed by atoms with van der Waals surface area (Å²) in [5.41, 5.74) is 0.515. The van der Waals surface area contributed by atoms with Gasteiger partial charge in [0, 0.05) is 6.42 Å². The fourth-order valence-electron chi connectivity index (χ4n) is 3.55. The van der Waals surface area contributed by atoms with E-state index in [4.69, 9.17) is 4.74 Å². The summed E-state index contributed by atoms with van der Waals surface area (Å²) < 4.78 is 4.71. The second-order valence-corrected chi connectivity index (χ2v) is 9.37. The lowest BCUT2D eigenvalue weighted by Crippen LogP contribution is -2.03. The number of carbonyl (C=O) groups is 1. The first-order chi connectivity index (χ1) is 13.0. The van der Waals surface area contributed by atoms with Crippen molar-refractivity contribution in [3.63, 3.8) is 0 Å². The molecule has 0 aliphatic carbocycles. The molecule has 0 heterocycles. The van der Waals surface area contributed by atoms with Crippen LogP contribution in [-0.4, -0.2) is 5.97 Å². The first-order valence-corrected chi connectivity index (χ1v) is 11.8. The van der Waals surface area contributed by atoms with E-state index in [1.54, 1.807) is 0 Å². The average Bonchev–Trinajstić information content (AvgIpc) is 2.60. The van der Waals surface area contributed by atoms with Crippen molar-refractivity contribution in [2.75, 3.05) is 0 Å². The van der Waals surface area contributed by atoms with Crippen LogP contribution in [0.4, 0.5) is 0 Å². The Bertz CT molecular complexity index is 341. The molecule has 0 aliphatic rings. The van der Waals surface area contributed by atoms with Gasteiger partial charge in [-0.05, 0) is 18.3 Å². The Morgan fingerprint density at radius 2 is 1.00 bits per heavy atom. The molecular formula is C25H48O2. The molecule has 0 unspecified atom stereocenters. The zero-order valence-corrected chi connectivity index (χ0v) is 18.8. The van der Waals surface area contributed by atoms with E-state index in [-0.39, 0.29) is 5.97 Å². The van der Waals surface area contributed by atoms with Gasteiger partial charge >= 0.3 is 5.97 Å². The van der Waals surface area contributed by atoms with E-state index in [2.05, 4.69) is 27.4 Å². The number of unbranched alkanes of at least 4 members (excludes halogenated alkanes) is 15. The lowest BCUT2D eigenvalue weighted by molar-refractivity contribution is -0.138. The quantitative estimate of drug-likeness (QED) is 0.127. The third-order valence-electron chi connectivity index (χ3n) is 5.27. The maximum absolute atomic E-state index is 11.1. The number of carbonyl (C=O) groups excluding carboxylic acids is 1. The van der Waals surface area contributed by atoms with Crippen LogP contribution < -0.4 is 0 Å². The van der Waals surface area contributed by atoms with Crippen molar-refractivity contribution in [1.82, 2.24) is 0 Å². The second kappa shape index (κ2) is 18.6. The maximum atomic E-state index is 11.1. The van der Waals surface area contributed by atoms with Gasteiger partial charge in [0.15, 0.2) is 0 Å². The molecule has 27 heavy (non-hydrogen) atoms. The van der Waals surface area contributed by atoms with Gasteiger partial charge in [-0.1, -0.05) is 124 Å². The molecule has 0 spiro atoms. The number of ether oxygens (including phenoxy) is 1. The third kappa shape index (κ3) is 23.2. The van der Waals surface area contributed by atoms with Crippen molar-refractivity contribution >= 4 is 5.97 Å². The highest BCUT2D eigenvalue weighted by Gasteiger charge is 2.08. The van der Waals surface area contributed by atoms with Crippen LogP contribution >= 0.6 is 0 Å². The molecule has 0 saturated carbocycles. The maximum Gasteiger partial charge on any atom is 0.310 e. The van der Waals surface area contributed by atoms with Gasteiger partial charge in [-0.3, -0.25) is 4.79 Å². The van der Waals surface area contributed by atoms with E-state index in [0.717, 1.165) is 12.8 Å². The molecule has 0 atom stereocenters. The lowest BCUT2D eigenvalue weighted by atomic mass is 9.89. The summed E-state index contributed by atoms with van der Waals surface area (Å²) in [5, 5.41) is 0. The molecule has 0 amide bonds. The van der Waals surface area contributed by atoms with Crippen LogP contribution in [-0.2, 0) is 9.53 Å². The summed E-state index contributed by atoms with van der Waals surface area (Å²) in [5.74, 6) is -0.148. The molecule has 0 aliphatic heterocycles. The molecule has 2 heteroatoms. The second-order valence-electron chi connectivity index (χ2n) is 9.37. The van der Waals surface area contributed by atoms with Crippen LogP contribution in [0.2, 0.25) is 0 Å². The molecule has 0 bridgehead atoms. The van der Waals surface area contributed by atoms with E-state index >= 15 is 0 Å². The topological polar surface area (TPSA) is 26.3 Å². The van der Waals surface area contributed by atoms with Crippen LogP contribution in [0.25, 0.3) is 0 Å². The highest BCUT2D eigenvalue weighted by Crippen LogP contribution is 2.22. The highest BCUT2D eigenvalue weighted by molar-refractivity contribution is 5.69. The van der Waals surface area contributed by atoms with Crippen molar-refractivity contribution in [1.29, 1.82) is 0 Å². The lowest BCUT2D eigenvalue weighted by Gasteiger charge is -2.17. The van der Waals surface area contributed by atoms with Crippen LogP contribution in [0, 0.1) is 5.41 Å². The van der Waals surface area contributed by atoms with Gasteiger partial charge in [-0.15, -0.1) is 0 Å². The van der Waals surface area contributed by atoms with Crippen molar-refractivity contribution in [3.05, 3.63) is 12.8 Å². The summed E-state index contributed by atoms with van der Waals surface area (Å²) >= 11 is 0. The van der Waals surface area contributed by atoms with E-state index in [1.807, 2.05) is 0 Å². The summed E-state index contributed by atoms with van der Waals surface area (Å²) in [6, 6.07) is 0. The standard InChI is InChI=1S/C25H48O2/c1-5-27-24(26)22-20-18-16-14-12-10-8-6-7-9-11-13-15-17-19-21-23-25(2,3)4/h5H,1,6-23H2,2-4H3. The van der Waals surface area contributed by atoms with Gasteiger partial charge in [0.2, 0.25) is 0 Å². The number of hydrogen-bond acceptors (Lipinski definition) is 2. The first-order valence-electron chi connectivity index (χ1n) is 11.8. The van der Waals surface area contributed by atoms with Crippen molar-refractivity contribution in [2.24, 2.45) is 5.41 Å². The Balaban J connectivity index is 3.09. The predicted molar refractivity (Wildman–Crippen MR) is 119 cm³/mol. The van der Waals surface area contributed by atoms with E-state index in [0.29, 0.717) is 11.8 Å². The molecule has 0 aromatic rings. The molecule has 160 valence electrons. The van der Waals surface area contributed by atoms with E-state index in [1.165, 1.54) is 103 Å². The number of esters is 1. The molecule has 0 N–H and O–H groups in total. The van der Waals surface area contributed by atoms with Gasteiger partial charge in [-0.25, -0.2) is 0 Å². The van der Waals surface area contributed by atoms with Gasteiger partial charge in [0.05, 0.1) is 6.26 Å². The Hall–Kier alpha value is -0.790. The van der Waals surface area contributed by atoms with Crippen molar-refractivity contribution < 1.29 is 9.53 Å². The van der Waals surface area contributed by atoms with Gasteiger partial charge in [0.1, 0.15) is 0 Å². The predicted octanol–water partition coefficient (Wildman–Crippen LogP) is 8.74. The molecular weight excluding hydrogens is 332 g/mol. The fraction of sp³-hybridized carbons (Fsp3) is 0.880. The smallest absolute Gasteiger partial charge is 0.310 e. The largest absolute Gasteiger partial charge is 0.435 e. The normalized spacial score (nSPS) is 11.5. The van der Waals surface area contributed by atoms with E-state index < -0.39 is 0 Å². The molecule has 0 saturated heterocycles. The number of rotatable bonds is 19. The van der Waals surface area contributed by atoms with Gasteiger partial charge in [-0.2, -0.15) is 0 Å². The molecule has 2 nitrogen and oxygen atoms in total. The minimum atomic E-state index is -0.148. The van der Waals surface area contributed by atoms with Crippen LogP contribution in [0.1, 0.15) is 136 Å². The summed E-state index contributed by atoms with van der Waals surface area (Å²) in [6.07, 6.45) is 24.8. The Kier molecular flexibility index (Phi) is 18.0. The van der Waals surface area contributed by atoms with Gasteiger partial charge < -0.3 is 4.74 Å². The molecule has 0 radical (unpaired) electrons. The Labute approximate surface area is 170 Å². The Morgan fingerprint density at radius 3 is 1.33 bits per heavy atom. The van der Waals surface area contributed by atoms with Gasteiger partial charge in [0.25, 0.3) is 0 Å². The minimum absolute atomic E-state index is 0.148. The fourth-order valence-corrected chi connectivity index (χ4v) is 3.55. The summed E-state index contributed by atoms with van der Waals surface area (Å²) in [7, 11) is 0. The zero-order chi connectivity index (χ0) is 20.2. The monoisotopic (exact) mass is 380 g/mol. The van der Waals surface area contributed by atoms with Crippen LogP contribution in [0.5, 0.6) is 0 Å². The molecule has 0 rings (SSSR count). The third-order valence-corrected chi connectivity index (χ3v) is 5.27. The number of hydrogen-bond donors (Lipinski definition) is 0. The molecule has 0 fully saturated rings. The minimum Gasteiger partial charge on any atom is -0.435 e. The Morgan fingerprint density at radius 1 is 0.667 bits per heavy atom. The SMILES string of the molecule is C=COC(=O)CCCCCCCCCCCCCCCCCCC(C)(C)C. The molecule has 0 aromatic heterocycles. The van der Waals surface area contributed by atoms with Crippen LogP contribution in [0.15, 0.2) is 12.8 Å². The summed E-state index contributed by atoms with van der Waals surface area (Å²) in [4.78, 5) is 11.1. The average molecular weight is 381 g/mol. The van der Waals surface area contributed by atoms with Crippen LogP contribution in [0.3, 0.4) is 0 Å². The van der Waals surface area contributed by atoms with Crippen molar-refractivity contribution in [3.8, 4) is 0 Å². The van der Waals surface area contributed by atoms with E-state index in [9.17, 15) is 4.79 Å². The van der Waals surface area contributed by atoms with Crippen molar-refractivity contribution in [2.45, 2.75) is 136 Å². The zero-order valence-electron chi connectivity index (χ0n) is 18.8. The summed E-state index contributed by atoms with van der Waals surface area (Å²) in [6.45, 7) is 10.4. The molecule has 0 aromatic carbocycles. The first kappa shape index (κ1) is 26.2.